The molecular formula is C50H33NS. The predicted molar refractivity (Wildman–Crippen MR) is 225 cm³/mol. The smallest absolute Gasteiger partial charge is 0.0554 e. The van der Waals surface area contributed by atoms with Crippen molar-refractivity contribution >= 4 is 70.1 Å². The lowest BCUT2D eigenvalue weighted by Crippen LogP contribution is -2.10. The molecule has 0 atom stereocenters. The van der Waals surface area contributed by atoms with Crippen LogP contribution in [0.5, 0.6) is 0 Å². The van der Waals surface area contributed by atoms with E-state index < -0.39 is 0 Å². The summed E-state index contributed by atoms with van der Waals surface area (Å²) < 4.78 is 2.58. The van der Waals surface area contributed by atoms with Crippen LogP contribution in [0, 0.1) is 0 Å². The van der Waals surface area contributed by atoms with Crippen LogP contribution in [0.3, 0.4) is 0 Å². The van der Waals surface area contributed by atoms with E-state index in [4.69, 9.17) is 0 Å². The molecule has 0 aliphatic heterocycles. The van der Waals surface area contributed by atoms with Crippen LogP contribution >= 0.6 is 11.3 Å². The van der Waals surface area contributed by atoms with Gasteiger partial charge >= 0.3 is 0 Å². The molecule has 52 heavy (non-hydrogen) atoms. The van der Waals surface area contributed by atoms with E-state index in [0.29, 0.717) is 0 Å². The van der Waals surface area contributed by atoms with Crippen LogP contribution in [-0.4, -0.2) is 0 Å². The highest BCUT2D eigenvalue weighted by atomic mass is 32.1. The molecule has 9 aromatic carbocycles. The zero-order valence-electron chi connectivity index (χ0n) is 28.4. The Bertz CT molecular complexity index is 2890. The fourth-order valence-electron chi connectivity index (χ4n) is 7.81. The molecule has 1 aromatic heterocycles. The van der Waals surface area contributed by atoms with E-state index >= 15 is 0 Å². The van der Waals surface area contributed by atoms with Gasteiger partial charge in [0.1, 0.15) is 0 Å². The van der Waals surface area contributed by atoms with Crippen molar-refractivity contribution in [2.75, 3.05) is 4.90 Å². The van der Waals surface area contributed by atoms with Crippen LogP contribution in [0.15, 0.2) is 200 Å². The van der Waals surface area contributed by atoms with Gasteiger partial charge in [0, 0.05) is 31.5 Å². The number of hydrogen-bond acceptors (Lipinski definition) is 2. The summed E-state index contributed by atoms with van der Waals surface area (Å²) >= 11 is 1.88. The molecule has 10 aromatic rings. The second kappa shape index (κ2) is 12.7. The average molecular weight is 680 g/mol. The first kappa shape index (κ1) is 30.4. The Balaban J connectivity index is 1.27. The molecule has 0 radical (unpaired) electrons. The fourth-order valence-corrected chi connectivity index (χ4v) is 9.07. The molecule has 1 nitrogen and oxygen atoms in total. The third-order valence-corrected chi connectivity index (χ3v) is 11.4. The molecule has 0 spiro atoms. The van der Waals surface area contributed by atoms with Crippen molar-refractivity contribution in [1.29, 1.82) is 0 Å². The maximum Gasteiger partial charge on any atom is 0.0554 e. The molecular weight excluding hydrogens is 647 g/mol. The highest BCUT2D eigenvalue weighted by Crippen LogP contribution is 2.48. The summed E-state index contributed by atoms with van der Waals surface area (Å²) in [6.45, 7) is 0. The van der Waals surface area contributed by atoms with E-state index in [-0.39, 0.29) is 0 Å². The number of anilines is 3. The molecule has 1 heterocycles. The lowest BCUT2D eigenvalue weighted by molar-refractivity contribution is 1.31. The van der Waals surface area contributed by atoms with Crippen molar-refractivity contribution in [2.45, 2.75) is 0 Å². The van der Waals surface area contributed by atoms with Gasteiger partial charge in [-0.05, 0) is 91.3 Å². The van der Waals surface area contributed by atoms with Crippen LogP contribution in [0.4, 0.5) is 17.1 Å². The van der Waals surface area contributed by atoms with Crippen LogP contribution in [0.2, 0.25) is 0 Å². The third-order valence-electron chi connectivity index (χ3n) is 10.2. The number of benzene rings is 9. The Hall–Kier alpha value is -6.48. The molecule has 0 N–H and O–H groups in total. The second-order valence-corrected chi connectivity index (χ2v) is 14.3. The summed E-state index contributed by atoms with van der Waals surface area (Å²) in [5.41, 5.74) is 10.7. The van der Waals surface area contributed by atoms with E-state index in [9.17, 15) is 0 Å². The number of fused-ring (bicyclic) bond motifs is 6. The minimum Gasteiger partial charge on any atom is -0.310 e. The summed E-state index contributed by atoms with van der Waals surface area (Å²) in [4.78, 5) is 2.48. The Kier molecular flexibility index (Phi) is 7.41. The van der Waals surface area contributed by atoms with Crippen molar-refractivity contribution < 1.29 is 0 Å². The van der Waals surface area contributed by atoms with E-state index in [1.807, 2.05) is 11.3 Å². The van der Waals surface area contributed by atoms with E-state index in [0.717, 1.165) is 11.4 Å². The monoisotopic (exact) mass is 679 g/mol. The number of thiophene rings is 1. The van der Waals surface area contributed by atoms with Gasteiger partial charge in [-0.1, -0.05) is 164 Å². The summed E-state index contributed by atoms with van der Waals surface area (Å²) in [5.74, 6) is 0. The molecule has 0 unspecified atom stereocenters. The molecule has 244 valence electrons. The Morgan fingerprint density at radius 1 is 0.346 bits per heavy atom. The fraction of sp³-hybridized carbons (Fsp3) is 0. The summed E-state index contributed by atoms with van der Waals surface area (Å²) in [5, 5.41) is 7.54. The SMILES string of the molecule is c1ccc(-c2ccc(N(c3ccc4ccc5ccccc5c4c3)c3cccc4sc5c(-c6ccccc6)cccc5c34)cc2-c2ccccc2)cc1. The van der Waals surface area contributed by atoms with Gasteiger partial charge in [0.25, 0.3) is 0 Å². The van der Waals surface area contributed by atoms with Gasteiger partial charge in [0.15, 0.2) is 0 Å². The van der Waals surface area contributed by atoms with Crippen LogP contribution in [0.1, 0.15) is 0 Å². The molecule has 2 heteroatoms. The van der Waals surface area contributed by atoms with E-state index in [1.165, 1.54) is 80.8 Å². The Morgan fingerprint density at radius 2 is 0.904 bits per heavy atom. The highest BCUT2D eigenvalue weighted by molar-refractivity contribution is 7.26. The van der Waals surface area contributed by atoms with Gasteiger partial charge in [0.05, 0.1) is 5.69 Å². The van der Waals surface area contributed by atoms with Gasteiger partial charge in [-0.3, -0.25) is 0 Å². The van der Waals surface area contributed by atoms with Crippen molar-refractivity contribution in [1.82, 2.24) is 0 Å². The zero-order valence-corrected chi connectivity index (χ0v) is 29.2. The van der Waals surface area contributed by atoms with Crippen LogP contribution < -0.4 is 4.90 Å². The summed E-state index contributed by atoms with van der Waals surface area (Å²) in [6.07, 6.45) is 0. The molecule has 10 rings (SSSR count). The van der Waals surface area contributed by atoms with Gasteiger partial charge in [-0.25, -0.2) is 0 Å². The zero-order chi connectivity index (χ0) is 34.4. The second-order valence-electron chi connectivity index (χ2n) is 13.3. The molecule has 0 aliphatic rings. The molecule has 0 fully saturated rings. The summed E-state index contributed by atoms with van der Waals surface area (Å²) in [7, 11) is 0. The normalized spacial score (nSPS) is 11.5. The van der Waals surface area contributed by atoms with Crippen molar-refractivity contribution in [3.63, 3.8) is 0 Å². The number of hydrogen-bond donors (Lipinski definition) is 0. The largest absolute Gasteiger partial charge is 0.310 e. The quantitative estimate of drug-likeness (QED) is 0.158. The topological polar surface area (TPSA) is 3.24 Å². The van der Waals surface area contributed by atoms with Crippen LogP contribution in [-0.2, 0) is 0 Å². The lowest BCUT2D eigenvalue weighted by atomic mass is 9.93. The van der Waals surface area contributed by atoms with Crippen molar-refractivity contribution in [2.24, 2.45) is 0 Å². The first-order valence-corrected chi connectivity index (χ1v) is 18.6. The minimum atomic E-state index is 1.11. The maximum absolute atomic E-state index is 2.48. The van der Waals surface area contributed by atoms with Crippen molar-refractivity contribution in [3.05, 3.63) is 200 Å². The molecule has 0 amide bonds. The Morgan fingerprint density at radius 3 is 1.65 bits per heavy atom. The predicted octanol–water partition coefficient (Wildman–Crippen LogP) is 14.8. The lowest BCUT2D eigenvalue weighted by Gasteiger charge is -2.28. The van der Waals surface area contributed by atoms with Gasteiger partial charge in [-0.2, -0.15) is 0 Å². The minimum absolute atomic E-state index is 1.11. The average Bonchev–Trinajstić information content (AvgIpc) is 3.62. The first-order valence-electron chi connectivity index (χ1n) is 17.8. The molecule has 0 aliphatic carbocycles. The van der Waals surface area contributed by atoms with Crippen molar-refractivity contribution in [3.8, 4) is 33.4 Å². The van der Waals surface area contributed by atoms with Gasteiger partial charge < -0.3 is 4.90 Å². The third kappa shape index (κ3) is 5.16. The van der Waals surface area contributed by atoms with E-state index in [2.05, 4.69) is 205 Å². The van der Waals surface area contributed by atoms with Crippen LogP contribution in [0.25, 0.3) is 75.1 Å². The standard InChI is InChI=1S/C50H33NS/c1-4-14-34(15-5-1)42-31-30-40(33-45(42)36-18-8-3-9-19-36)51(39-29-28-38-27-26-37-20-10-11-21-41(37)46(38)32-39)47-24-13-25-48-49(47)44-23-12-22-43(50(44)52-48)35-16-6-2-7-17-35/h1-33H. The van der Waals surface area contributed by atoms with E-state index in [1.54, 1.807) is 0 Å². The highest BCUT2D eigenvalue weighted by Gasteiger charge is 2.22. The van der Waals surface area contributed by atoms with Gasteiger partial charge in [0.2, 0.25) is 0 Å². The number of nitrogens with zero attached hydrogens (tertiary/aromatic N) is 1. The molecule has 0 saturated carbocycles. The Labute approximate surface area is 307 Å². The molecule has 0 bridgehead atoms. The maximum atomic E-state index is 2.48. The summed E-state index contributed by atoms with van der Waals surface area (Å²) in [6, 6.07) is 72.9. The van der Waals surface area contributed by atoms with Gasteiger partial charge in [-0.15, -0.1) is 11.3 Å². The first-order chi connectivity index (χ1) is 25.8. The molecule has 0 saturated heterocycles. The number of rotatable bonds is 6.